The number of aliphatic hydroxyl groups is 1. The minimum absolute atomic E-state index is 0.0445. The van der Waals surface area contributed by atoms with Gasteiger partial charge in [-0.05, 0) is 18.2 Å². The van der Waals surface area contributed by atoms with Crippen molar-refractivity contribution in [2.75, 3.05) is 6.61 Å². The van der Waals surface area contributed by atoms with Crippen LogP contribution in [-0.2, 0) is 9.53 Å². The van der Waals surface area contributed by atoms with Gasteiger partial charge in [-0.3, -0.25) is 4.79 Å². The summed E-state index contributed by atoms with van der Waals surface area (Å²) in [6.45, 7) is 0.533. The molecule has 1 aliphatic heterocycles. The van der Waals surface area contributed by atoms with Gasteiger partial charge in [0.2, 0.25) is 5.78 Å². The Bertz CT molecular complexity index is 627. The fraction of sp³-hybridized carbons (Fsp3) is 0.133. The predicted octanol–water partition coefficient (Wildman–Crippen LogP) is 2.92. The molecule has 0 radical (unpaired) electrons. The molecule has 0 bridgehead atoms. The summed E-state index contributed by atoms with van der Waals surface area (Å²) in [5, 5.41) is 10.2. The van der Waals surface area contributed by atoms with Crippen LogP contribution in [-0.4, -0.2) is 17.5 Å². The second kappa shape index (κ2) is 4.65. The summed E-state index contributed by atoms with van der Waals surface area (Å²) in [4.78, 5) is 12.3. The van der Waals surface area contributed by atoms with Crippen LogP contribution >= 0.6 is 0 Å². The Morgan fingerprint density at radius 2 is 2.26 bits per heavy atom. The van der Waals surface area contributed by atoms with E-state index in [1.807, 2.05) is 0 Å². The van der Waals surface area contributed by atoms with E-state index in [1.54, 1.807) is 36.4 Å². The normalized spacial score (nSPS) is 20.0. The topological polar surface area (TPSA) is 59.7 Å². The van der Waals surface area contributed by atoms with E-state index in [0.29, 0.717) is 29.3 Å². The lowest BCUT2D eigenvalue weighted by Crippen LogP contribution is -2.08. The number of ether oxygens (including phenoxy) is 1. The highest BCUT2D eigenvalue weighted by atomic mass is 16.5. The van der Waals surface area contributed by atoms with Gasteiger partial charge in [-0.15, -0.1) is 0 Å². The lowest BCUT2D eigenvalue weighted by Gasteiger charge is -2.07. The summed E-state index contributed by atoms with van der Waals surface area (Å²) in [5.41, 5.74) is 0.874. The largest absolute Gasteiger partial charge is 0.504 e. The molecule has 1 aliphatic carbocycles. The summed E-state index contributed by atoms with van der Waals surface area (Å²) in [6.07, 6.45) is 9.05. The zero-order chi connectivity index (χ0) is 13.2. The molecule has 3 rings (SSSR count). The molecule has 0 atom stereocenters. The average molecular weight is 256 g/mol. The first-order valence-corrected chi connectivity index (χ1v) is 6.01. The number of furan rings is 1. The standard InChI is InChI=1S/C15H12O4/c16-14(12-6-2-8-18-12)10-4-1-5-11(10)15(17)13-7-3-9-19-13/h1-2,4-8,16H,3,9H2. The molecule has 2 heterocycles. The van der Waals surface area contributed by atoms with Crippen molar-refractivity contribution in [3.05, 3.63) is 65.4 Å². The van der Waals surface area contributed by atoms with Crippen LogP contribution in [0.25, 0.3) is 5.76 Å². The molecule has 4 nitrogen and oxygen atoms in total. The van der Waals surface area contributed by atoms with Gasteiger partial charge in [-0.2, -0.15) is 0 Å². The number of hydrogen-bond donors (Lipinski definition) is 1. The highest BCUT2D eigenvalue weighted by Gasteiger charge is 2.25. The van der Waals surface area contributed by atoms with Crippen molar-refractivity contribution in [2.24, 2.45) is 0 Å². The zero-order valence-corrected chi connectivity index (χ0v) is 10.1. The third-order valence-electron chi connectivity index (χ3n) is 3.00. The van der Waals surface area contributed by atoms with E-state index >= 15 is 0 Å². The van der Waals surface area contributed by atoms with Gasteiger partial charge in [0, 0.05) is 17.6 Å². The molecule has 0 unspecified atom stereocenters. The van der Waals surface area contributed by atoms with Crippen LogP contribution in [0.3, 0.4) is 0 Å². The molecule has 1 N–H and O–H groups in total. The molecule has 0 fully saturated rings. The van der Waals surface area contributed by atoms with Crippen LogP contribution < -0.4 is 0 Å². The molecule has 19 heavy (non-hydrogen) atoms. The fourth-order valence-electron chi connectivity index (χ4n) is 2.08. The predicted molar refractivity (Wildman–Crippen MR) is 69.1 cm³/mol. The highest BCUT2D eigenvalue weighted by molar-refractivity contribution is 6.12. The first-order chi connectivity index (χ1) is 9.27. The van der Waals surface area contributed by atoms with Crippen LogP contribution in [0.5, 0.6) is 0 Å². The number of allylic oxidation sites excluding steroid dienone is 5. The van der Waals surface area contributed by atoms with Crippen molar-refractivity contribution in [2.45, 2.75) is 6.42 Å². The molecule has 1 aromatic heterocycles. The molecular formula is C15H12O4. The first kappa shape index (κ1) is 11.6. The second-order valence-corrected chi connectivity index (χ2v) is 4.21. The monoisotopic (exact) mass is 256 g/mol. The Hall–Kier alpha value is -2.49. The summed E-state index contributed by atoms with van der Waals surface area (Å²) >= 11 is 0. The van der Waals surface area contributed by atoms with Gasteiger partial charge >= 0.3 is 0 Å². The Morgan fingerprint density at radius 1 is 1.37 bits per heavy atom. The second-order valence-electron chi connectivity index (χ2n) is 4.21. The number of rotatable bonds is 3. The third kappa shape index (κ3) is 2.01. The van der Waals surface area contributed by atoms with E-state index in [4.69, 9.17) is 9.15 Å². The molecule has 1 aromatic rings. The molecule has 0 amide bonds. The van der Waals surface area contributed by atoms with E-state index < -0.39 is 0 Å². The molecule has 0 saturated heterocycles. The van der Waals surface area contributed by atoms with E-state index in [9.17, 15) is 9.90 Å². The average Bonchev–Trinajstić information content (AvgIpc) is 3.16. The Morgan fingerprint density at radius 3 is 2.95 bits per heavy atom. The number of aliphatic hydroxyl groups excluding tert-OH is 1. The molecule has 0 aromatic carbocycles. The van der Waals surface area contributed by atoms with E-state index in [1.165, 1.54) is 6.26 Å². The van der Waals surface area contributed by atoms with E-state index in [0.717, 1.165) is 6.42 Å². The number of carbonyl (C=O) groups excluding carboxylic acids is 1. The molecule has 2 aliphatic rings. The number of Topliss-reactive ketones (excluding diaryl/α,β-unsaturated/α-hetero) is 1. The van der Waals surface area contributed by atoms with Crippen LogP contribution in [0.1, 0.15) is 12.2 Å². The summed E-state index contributed by atoms with van der Waals surface area (Å²) < 4.78 is 10.4. The Labute approximate surface area is 110 Å². The number of hydrogen-bond acceptors (Lipinski definition) is 4. The zero-order valence-electron chi connectivity index (χ0n) is 10.1. The van der Waals surface area contributed by atoms with Gasteiger partial charge in [0.1, 0.15) is 0 Å². The quantitative estimate of drug-likeness (QED) is 0.845. The third-order valence-corrected chi connectivity index (χ3v) is 3.00. The highest BCUT2D eigenvalue weighted by Crippen LogP contribution is 2.30. The Kier molecular flexibility index (Phi) is 2.83. The fourth-order valence-corrected chi connectivity index (χ4v) is 2.08. The van der Waals surface area contributed by atoms with Crippen molar-refractivity contribution in [1.82, 2.24) is 0 Å². The van der Waals surface area contributed by atoms with Gasteiger partial charge in [0.15, 0.2) is 17.3 Å². The smallest absolute Gasteiger partial charge is 0.227 e. The summed E-state index contributed by atoms with van der Waals surface area (Å²) in [7, 11) is 0. The van der Waals surface area contributed by atoms with Crippen molar-refractivity contribution in [1.29, 1.82) is 0 Å². The van der Waals surface area contributed by atoms with Crippen LogP contribution in [0.15, 0.2) is 64.0 Å². The minimum atomic E-state index is -0.212. The van der Waals surface area contributed by atoms with Crippen molar-refractivity contribution in [3.63, 3.8) is 0 Å². The summed E-state index contributed by atoms with van der Waals surface area (Å²) in [5.74, 6) is 0.425. The van der Waals surface area contributed by atoms with Gasteiger partial charge in [0.25, 0.3) is 0 Å². The van der Waals surface area contributed by atoms with E-state index in [2.05, 4.69) is 0 Å². The van der Waals surface area contributed by atoms with E-state index in [-0.39, 0.29) is 11.5 Å². The lowest BCUT2D eigenvalue weighted by atomic mass is 10.0. The molecular weight excluding hydrogens is 244 g/mol. The number of carbonyl (C=O) groups is 1. The van der Waals surface area contributed by atoms with Crippen LogP contribution in [0.4, 0.5) is 0 Å². The maximum atomic E-state index is 12.3. The minimum Gasteiger partial charge on any atom is -0.504 e. The molecule has 0 spiro atoms. The maximum Gasteiger partial charge on any atom is 0.227 e. The lowest BCUT2D eigenvalue weighted by molar-refractivity contribution is -0.114. The summed E-state index contributed by atoms with van der Waals surface area (Å²) in [6, 6.07) is 3.32. The SMILES string of the molecule is O=C(C1=CCCO1)C1=CC=CC1=C(O)c1ccco1. The van der Waals surface area contributed by atoms with Crippen molar-refractivity contribution < 1.29 is 19.1 Å². The van der Waals surface area contributed by atoms with Gasteiger partial charge in [-0.25, -0.2) is 0 Å². The van der Waals surface area contributed by atoms with Gasteiger partial charge in [0.05, 0.1) is 12.9 Å². The van der Waals surface area contributed by atoms with Crippen LogP contribution in [0.2, 0.25) is 0 Å². The van der Waals surface area contributed by atoms with Crippen molar-refractivity contribution in [3.8, 4) is 0 Å². The molecule has 0 saturated carbocycles. The van der Waals surface area contributed by atoms with Gasteiger partial charge < -0.3 is 14.3 Å². The molecule has 96 valence electrons. The van der Waals surface area contributed by atoms with Gasteiger partial charge in [-0.1, -0.05) is 18.2 Å². The van der Waals surface area contributed by atoms with Crippen LogP contribution in [0, 0.1) is 0 Å². The first-order valence-electron chi connectivity index (χ1n) is 6.01. The number of ketones is 1. The maximum absolute atomic E-state index is 12.3. The Balaban J connectivity index is 1.95. The van der Waals surface area contributed by atoms with Crippen molar-refractivity contribution >= 4 is 11.5 Å². The molecule has 4 heteroatoms.